The first-order valence-corrected chi connectivity index (χ1v) is 10.5. The Morgan fingerprint density at radius 3 is 2.37 bits per heavy atom. The Kier molecular flexibility index (Phi) is 5.60. The van der Waals surface area contributed by atoms with Crippen molar-refractivity contribution in [1.29, 1.82) is 0 Å². The number of sulfone groups is 1. The highest BCUT2D eigenvalue weighted by Gasteiger charge is 2.23. The van der Waals surface area contributed by atoms with E-state index in [0.717, 1.165) is 12.0 Å². The van der Waals surface area contributed by atoms with E-state index >= 15 is 0 Å². The number of carbonyl (C=O) groups excluding carboxylic acids is 2. The van der Waals surface area contributed by atoms with Crippen molar-refractivity contribution in [3.05, 3.63) is 59.7 Å². The molecule has 27 heavy (non-hydrogen) atoms. The van der Waals surface area contributed by atoms with Crippen molar-refractivity contribution in [3.63, 3.8) is 0 Å². The summed E-state index contributed by atoms with van der Waals surface area (Å²) in [6.07, 6.45) is 0.747. The fourth-order valence-electron chi connectivity index (χ4n) is 3.16. The number of amides is 2. The van der Waals surface area contributed by atoms with Crippen LogP contribution in [0.5, 0.6) is 0 Å². The summed E-state index contributed by atoms with van der Waals surface area (Å²) in [4.78, 5) is 25.4. The molecule has 0 atom stereocenters. The molecule has 1 aliphatic heterocycles. The molecule has 0 saturated heterocycles. The van der Waals surface area contributed by atoms with Crippen LogP contribution in [0.4, 0.5) is 5.69 Å². The van der Waals surface area contributed by atoms with E-state index in [1.165, 1.54) is 36.8 Å². The van der Waals surface area contributed by atoms with Crippen LogP contribution in [0.3, 0.4) is 0 Å². The highest BCUT2D eigenvalue weighted by Crippen LogP contribution is 2.20. The fourth-order valence-corrected chi connectivity index (χ4v) is 4.38. The number of anilines is 1. The molecule has 2 aromatic rings. The maximum Gasteiger partial charge on any atom is 0.223 e. The normalized spacial score (nSPS) is 13.7. The quantitative estimate of drug-likeness (QED) is 0.855. The van der Waals surface area contributed by atoms with Gasteiger partial charge in [0.05, 0.1) is 10.6 Å². The highest BCUT2D eigenvalue weighted by atomic mass is 32.2. The van der Waals surface area contributed by atoms with E-state index < -0.39 is 9.84 Å². The first-order valence-electron chi connectivity index (χ1n) is 8.80. The zero-order valence-electron chi connectivity index (χ0n) is 15.1. The molecule has 2 amide bonds. The molecule has 0 fully saturated rings. The first-order chi connectivity index (χ1) is 12.8. The van der Waals surface area contributed by atoms with E-state index in [-0.39, 0.29) is 28.9 Å². The summed E-state index contributed by atoms with van der Waals surface area (Å²) in [6, 6.07) is 14.0. The lowest BCUT2D eigenvalue weighted by Gasteiger charge is -2.29. The zero-order chi connectivity index (χ0) is 19.4. The van der Waals surface area contributed by atoms with Gasteiger partial charge in [-0.05, 0) is 41.8 Å². The lowest BCUT2D eigenvalue weighted by molar-refractivity contribution is -0.131. The summed E-state index contributed by atoms with van der Waals surface area (Å²) < 4.78 is 25.0. The molecule has 0 aliphatic carbocycles. The van der Waals surface area contributed by atoms with Gasteiger partial charge in [0, 0.05) is 32.1 Å². The minimum atomic E-state index is -3.56. The number of carbonyl (C=O) groups is 2. The van der Waals surface area contributed by atoms with Gasteiger partial charge in [-0.25, -0.2) is 8.42 Å². The van der Waals surface area contributed by atoms with Gasteiger partial charge < -0.3 is 10.2 Å². The second-order valence-electron chi connectivity index (χ2n) is 6.61. The summed E-state index contributed by atoms with van der Waals surface area (Å²) in [5, 5.41) is 2.59. The van der Waals surface area contributed by atoms with Crippen LogP contribution in [0.2, 0.25) is 0 Å². The van der Waals surface area contributed by atoms with Crippen molar-refractivity contribution < 1.29 is 18.0 Å². The average molecular weight is 386 g/mol. The van der Waals surface area contributed by atoms with Crippen LogP contribution in [0.1, 0.15) is 24.5 Å². The number of benzene rings is 2. The van der Waals surface area contributed by atoms with Gasteiger partial charge in [0.15, 0.2) is 9.84 Å². The smallest absolute Gasteiger partial charge is 0.223 e. The molecule has 0 saturated carbocycles. The number of nitrogens with zero attached hydrogens (tertiary/aromatic N) is 1. The van der Waals surface area contributed by atoms with Gasteiger partial charge in [-0.3, -0.25) is 9.59 Å². The number of nitrogens with one attached hydrogen (secondary N) is 1. The molecule has 7 heteroatoms. The maximum absolute atomic E-state index is 12.5. The summed E-state index contributed by atoms with van der Waals surface area (Å²) >= 11 is 0. The Hall–Kier alpha value is -2.67. The zero-order valence-corrected chi connectivity index (χ0v) is 16.0. The number of hydrogen-bond donors (Lipinski definition) is 1. The average Bonchev–Trinajstić information content (AvgIpc) is 2.66. The highest BCUT2D eigenvalue weighted by molar-refractivity contribution is 7.91. The van der Waals surface area contributed by atoms with Crippen LogP contribution in [0.25, 0.3) is 0 Å². The van der Waals surface area contributed by atoms with E-state index in [1.54, 1.807) is 4.90 Å². The summed E-state index contributed by atoms with van der Waals surface area (Å²) in [5.41, 5.74) is 2.89. The number of rotatable bonds is 5. The third-order valence-corrected chi connectivity index (χ3v) is 6.33. The molecule has 2 aromatic carbocycles. The molecule has 3 rings (SSSR count). The van der Waals surface area contributed by atoms with Crippen LogP contribution < -0.4 is 5.32 Å². The molecular formula is C20H22N2O4S. The van der Waals surface area contributed by atoms with E-state index in [2.05, 4.69) is 11.4 Å². The third-order valence-electron chi connectivity index (χ3n) is 4.60. The van der Waals surface area contributed by atoms with E-state index in [4.69, 9.17) is 0 Å². The van der Waals surface area contributed by atoms with Crippen molar-refractivity contribution in [2.24, 2.45) is 0 Å². The lowest BCUT2D eigenvalue weighted by atomic mass is 10.00. The van der Waals surface area contributed by atoms with Crippen molar-refractivity contribution in [2.75, 3.05) is 17.6 Å². The lowest BCUT2D eigenvalue weighted by Crippen LogP contribution is -2.36. The van der Waals surface area contributed by atoms with Crippen LogP contribution in [0, 0.1) is 0 Å². The Bertz CT molecular complexity index is 952. The molecule has 6 nitrogen and oxygen atoms in total. The molecule has 0 radical (unpaired) electrons. The second-order valence-corrected chi connectivity index (χ2v) is 8.72. The van der Waals surface area contributed by atoms with Gasteiger partial charge in [0.2, 0.25) is 11.8 Å². The Morgan fingerprint density at radius 1 is 1.04 bits per heavy atom. The first kappa shape index (κ1) is 19.1. The van der Waals surface area contributed by atoms with Crippen molar-refractivity contribution >= 4 is 27.3 Å². The van der Waals surface area contributed by atoms with E-state index in [1.807, 2.05) is 18.2 Å². The SMILES string of the molecule is CC(=O)Nc1ccc(S(=O)(=O)CCC(=O)N2CCc3ccccc3C2)cc1. The Balaban J connectivity index is 1.60. The number of fused-ring (bicyclic) bond motifs is 1. The summed E-state index contributed by atoms with van der Waals surface area (Å²) in [6.45, 7) is 2.52. The van der Waals surface area contributed by atoms with Crippen LogP contribution >= 0.6 is 0 Å². The maximum atomic E-state index is 12.5. The number of hydrogen-bond acceptors (Lipinski definition) is 4. The summed E-state index contributed by atoms with van der Waals surface area (Å²) in [7, 11) is -3.56. The van der Waals surface area contributed by atoms with Crippen molar-refractivity contribution in [2.45, 2.75) is 31.2 Å². The monoisotopic (exact) mass is 386 g/mol. The van der Waals surface area contributed by atoms with Gasteiger partial charge >= 0.3 is 0 Å². The van der Waals surface area contributed by atoms with Crippen LogP contribution in [-0.4, -0.2) is 37.4 Å². The van der Waals surface area contributed by atoms with Crippen molar-refractivity contribution in [3.8, 4) is 0 Å². The molecule has 0 bridgehead atoms. The topological polar surface area (TPSA) is 83.5 Å². The molecule has 0 unspecified atom stereocenters. The van der Waals surface area contributed by atoms with Gasteiger partial charge in [-0.15, -0.1) is 0 Å². The summed E-state index contributed by atoms with van der Waals surface area (Å²) in [5.74, 6) is -0.606. The second kappa shape index (κ2) is 7.92. The molecule has 1 N–H and O–H groups in total. The Labute approximate surface area is 159 Å². The third kappa shape index (κ3) is 4.74. The van der Waals surface area contributed by atoms with Crippen LogP contribution in [-0.2, 0) is 32.4 Å². The predicted molar refractivity (Wildman–Crippen MR) is 103 cm³/mol. The molecule has 0 aromatic heterocycles. The molecule has 142 valence electrons. The standard InChI is InChI=1S/C20H22N2O4S/c1-15(23)21-18-6-8-19(9-7-18)27(25,26)13-11-20(24)22-12-10-16-4-2-3-5-17(16)14-22/h2-9H,10-14H2,1H3,(H,21,23). The minimum absolute atomic E-state index is 0.0437. The minimum Gasteiger partial charge on any atom is -0.338 e. The fraction of sp³-hybridized carbons (Fsp3) is 0.300. The molecule has 1 aliphatic rings. The van der Waals surface area contributed by atoms with Gasteiger partial charge in [-0.2, -0.15) is 0 Å². The van der Waals surface area contributed by atoms with Gasteiger partial charge in [0.25, 0.3) is 0 Å². The predicted octanol–water partition coefficient (Wildman–Crippen LogP) is 2.39. The Morgan fingerprint density at radius 2 is 1.70 bits per heavy atom. The van der Waals surface area contributed by atoms with Gasteiger partial charge in [-0.1, -0.05) is 24.3 Å². The van der Waals surface area contributed by atoms with Crippen LogP contribution in [0.15, 0.2) is 53.4 Å². The largest absolute Gasteiger partial charge is 0.338 e. The van der Waals surface area contributed by atoms with Crippen molar-refractivity contribution in [1.82, 2.24) is 4.90 Å². The van der Waals surface area contributed by atoms with E-state index in [9.17, 15) is 18.0 Å². The van der Waals surface area contributed by atoms with E-state index in [0.29, 0.717) is 18.8 Å². The van der Waals surface area contributed by atoms with Gasteiger partial charge in [0.1, 0.15) is 0 Å². The molecular weight excluding hydrogens is 364 g/mol. The molecule has 0 spiro atoms. The molecule has 1 heterocycles.